The van der Waals surface area contributed by atoms with Gasteiger partial charge in [0.25, 0.3) is 0 Å². The van der Waals surface area contributed by atoms with Gasteiger partial charge in [-0.15, -0.1) is 0 Å². The minimum absolute atomic E-state index is 0.228. The van der Waals surface area contributed by atoms with Crippen LogP contribution in [0.15, 0.2) is 12.2 Å². The van der Waals surface area contributed by atoms with Crippen molar-refractivity contribution in [2.75, 3.05) is 26.4 Å². The van der Waals surface area contributed by atoms with E-state index >= 15 is 0 Å². The predicted molar refractivity (Wildman–Crippen MR) is 94.5 cm³/mol. The minimum atomic E-state index is -3.59. The molecule has 0 saturated carbocycles. The van der Waals surface area contributed by atoms with E-state index in [0.29, 0.717) is 12.8 Å². The van der Waals surface area contributed by atoms with E-state index in [1.54, 1.807) is 39.8 Å². The Bertz CT molecular complexity index is 434. The fourth-order valence-corrected chi connectivity index (χ4v) is 4.97. The summed E-state index contributed by atoms with van der Waals surface area (Å²) < 4.78 is 56.6. The first-order valence-corrected chi connectivity index (χ1v) is 11.7. The third-order valence-corrected chi connectivity index (χ3v) is 6.55. The van der Waals surface area contributed by atoms with Crippen molar-refractivity contribution in [3.05, 3.63) is 12.2 Å². The number of phosphoric ester groups is 2. The Morgan fingerprint density at radius 1 is 0.720 bits per heavy atom. The van der Waals surface area contributed by atoms with E-state index in [4.69, 9.17) is 27.1 Å². The summed E-state index contributed by atoms with van der Waals surface area (Å²) in [6.07, 6.45) is 4.54. The zero-order chi connectivity index (χ0) is 18.8. The minimum Gasteiger partial charge on any atom is -0.287 e. The molecule has 10 heteroatoms. The molecule has 0 aromatic carbocycles. The van der Waals surface area contributed by atoms with Crippen molar-refractivity contribution in [3.63, 3.8) is 0 Å². The van der Waals surface area contributed by atoms with Crippen LogP contribution in [-0.2, 0) is 36.3 Å². The van der Waals surface area contributed by atoms with Crippen LogP contribution >= 0.6 is 15.6 Å². The molecule has 0 amide bonds. The summed E-state index contributed by atoms with van der Waals surface area (Å²) >= 11 is 0. The van der Waals surface area contributed by atoms with Crippen LogP contribution in [0.2, 0.25) is 0 Å². The van der Waals surface area contributed by atoms with Crippen molar-refractivity contribution in [3.8, 4) is 0 Å². The SMILES string of the molecule is CCOP(=O)(OCC)OC1C=CC(OP(=O)(OCC)OCC)CCC1. The third kappa shape index (κ3) is 8.46. The van der Waals surface area contributed by atoms with Gasteiger partial charge in [-0.2, -0.15) is 0 Å². The molecule has 148 valence electrons. The average Bonchev–Trinajstić information content (AvgIpc) is 2.73. The van der Waals surface area contributed by atoms with E-state index < -0.39 is 27.9 Å². The molecule has 0 N–H and O–H groups in total. The third-order valence-electron chi connectivity index (χ3n) is 3.20. The van der Waals surface area contributed by atoms with Gasteiger partial charge in [0, 0.05) is 0 Å². The Morgan fingerprint density at radius 3 is 1.32 bits per heavy atom. The first-order valence-electron chi connectivity index (χ1n) is 8.73. The fourth-order valence-electron chi connectivity index (χ4n) is 2.30. The van der Waals surface area contributed by atoms with Crippen molar-refractivity contribution in [2.24, 2.45) is 0 Å². The van der Waals surface area contributed by atoms with Gasteiger partial charge in [0.1, 0.15) is 0 Å². The number of phosphoric acid groups is 2. The molecule has 2 atom stereocenters. The summed E-state index contributed by atoms with van der Waals surface area (Å²) in [5.74, 6) is 0. The topological polar surface area (TPSA) is 89.5 Å². The summed E-state index contributed by atoms with van der Waals surface area (Å²) in [6, 6.07) is 0. The lowest BCUT2D eigenvalue weighted by Gasteiger charge is -2.20. The lowest BCUT2D eigenvalue weighted by atomic mass is 10.2. The van der Waals surface area contributed by atoms with Crippen LogP contribution in [0.3, 0.4) is 0 Å². The van der Waals surface area contributed by atoms with E-state index in [0.717, 1.165) is 6.42 Å². The summed E-state index contributed by atoms with van der Waals surface area (Å²) in [5.41, 5.74) is 0. The van der Waals surface area contributed by atoms with Gasteiger partial charge < -0.3 is 0 Å². The molecule has 8 nitrogen and oxygen atoms in total. The molecule has 1 aliphatic carbocycles. The van der Waals surface area contributed by atoms with Crippen LogP contribution in [0.4, 0.5) is 0 Å². The van der Waals surface area contributed by atoms with E-state index in [-0.39, 0.29) is 26.4 Å². The van der Waals surface area contributed by atoms with E-state index in [1.807, 2.05) is 0 Å². The lowest BCUT2D eigenvalue weighted by Crippen LogP contribution is -2.11. The zero-order valence-electron chi connectivity index (χ0n) is 15.4. The maximum Gasteiger partial charge on any atom is 0.475 e. The molecule has 0 fully saturated rings. The highest BCUT2D eigenvalue weighted by atomic mass is 31.2. The Kier molecular flexibility index (Phi) is 10.7. The molecular weight excluding hydrogens is 370 g/mol. The highest BCUT2D eigenvalue weighted by Crippen LogP contribution is 2.53. The largest absolute Gasteiger partial charge is 0.475 e. The standard InChI is InChI=1S/C15H30O8P2/c1-5-18-24(16,19-6-2)22-14-10-9-11-15(13-12-14)23-25(17,20-7-3)21-8-4/h12-15H,5-11H2,1-4H3. The summed E-state index contributed by atoms with van der Waals surface area (Å²) in [7, 11) is -7.17. The summed E-state index contributed by atoms with van der Waals surface area (Å²) in [6.45, 7) is 7.80. The molecule has 0 aromatic heterocycles. The normalized spacial score (nSPS) is 22.1. The second-order valence-electron chi connectivity index (χ2n) is 5.17. The molecule has 1 aliphatic rings. The predicted octanol–water partition coefficient (Wildman–Crippen LogP) is 4.86. The van der Waals surface area contributed by atoms with Gasteiger partial charge >= 0.3 is 15.6 Å². The molecule has 0 radical (unpaired) electrons. The van der Waals surface area contributed by atoms with Gasteiger partial charge in [0.05, 0.1) is 38.6 Å². The van der Waals surface area contributed by atoms with E-state index in [2.05, 4.69) is 0 Å². The highest BCUT2D eigenvalue weighted by molar-refractivity contribution is 7.48. The maximum atomic E-state index is 12.5. The second kappa shape index (κ2) is 11.6. The van der Waals surface area contributed by atoms with E-state index in [9.17, 15) is 9.13 Å². The molecule has 0 bridgehead atoms. The van der Waals surface area contributed by atoms with Crippen LogP contribution in [0.1, 0.15) is 47.0 Å². The van der Waals surface area contributed by atoms with Crippen LogP contribution in [0, 0.1) is 0 Å². The van der Waals surface area contributed by atoms with Gasteiger partial charge in [0.2, 0.25) is 0 Å². The number of rotatable bonds is 12. The van der Waals surface area contributed by atoms with Gasteiger partial charge in [-0.1, -0.05) is 12.2 Å². The van der Waals surface area contributed by atoms with E-state index in [1.165, 1.54) is 0 Å². The quantitative estimate of drug-likeness (QED) is 0.339. The molecule has 0 aliphatic heterocycles. The molecular formula is C15H30O8P2. The Morgan fingerprint density at radius 2 is 1.04 bits per heavy atom. The van der Waals surface area contributed by atoms with Crippen molar-refractivity contribution in [1.82, 2.24) is 0 Å². The Labute approximate surface area is 150 Å². The lowest BCUT2D eigenvalue weighted by molar-refractivity contribution is 0.0945. The van der Waals surface area contributed by atoms with Crippen molar-refractivity contribution in [1.29, 1.82) is 0 Å². The van der Waals surface area contributed by atoms with Gasteiger partial charge in [-0.25, -0.2) is 9.13 Å². The van der Waals surface area contributed by atoms with Crippen LogP contribution in [0.25, 0.3) is 0 Å². The molecule has 1 rings (SSSR count). The monoisotopic (exact) mass is 400 g/mol. The van der Waals surface area contributed by atoms with Gasteiger partial charge in [-0.05, 0) is 47.0 Å². The van der Waals surface area contributed by atoms with Gasteiger partial charge in [0.15, 0.2) is 0 Å². The maximum absolute atomic E-state index is 12.5. The first kappa shape index (κ1) is 23.0. The Balaban J connectivity index is 2.72. The zero-order valence-corrected chi connectivity index (χ0v) is 17.2. The molecule has 2 unspecified atom stereocenters. The second-order valence-corrected chi connectivity index (χ2v) is 8.41. The van der Waals surface area contributed by atoms with Crippen LogP contribution in [-0.4, -0.2) is 38.6 Å². The van der Waals surface area contributed by atoms with Crippen molar-refractivity contribution >= 4 is 15.6 Å². The average molecular weight is 400 g/mol. The summed E-state index contributed by atoms with van der Waals surface area (Å²) in [4.78, 5) is 0. The molecule has 0 aromatic rings. The van der Waals surface area contributed by atoms with Crippen molar-refractivity contribution in [2.45, 2.75) is 59.2 Å². The highest BCUT2D eigenvalue weighted by Gasteiger charge is 2.32. The number of hydrogen-bond donors (Lipinski definition) is 0. The fraction of sp³-hybridized carbons (Fsp3) is 0.867. The molecule has 0 heterocycles. The first-order chi connectivity index (χ1) is 11.9. The number of hydrogen-bond acceptors (Lipinski definition) is 8. The summed E-state index contributed by atoms with van der Waals surface area (Å²) in [5, 5.41) is 0. The molecule has 0 saturated heterocycles. The molecule has 0 spiro atoms. The van der Waals surface area contributed by atoms with Crippen LogP contribution in [0.5, 0.6) is 0 Å². The van der Waals surface area contributed by atoms with Crippen molar-refractivity contribution < 1.29 is 36.3 Å². The molecule has 25 heavy (non-hydrogen) atoms. The smallest absolute Gasteiger partial charge is 0.287 e. The van der Waals surface area contributed by atoms with Gasteiger partial charge in [-0.3, -0.25) is 27.1 Å². The van der Waals surface area contributed by atoms with Crippen LogP contribution < -0.4 is 0 Å². The Hall–Kier alpha value is -0.0400.